The Morgan fingerprint density at radius 2 is 2.06 bits per heavy atom. The van der Waals surface area contributed by atoms with Crippen LogP contribution in [-0.2, 0) is 0 Å². The fraction of sp³-hybridized carbons (Fsp3) is 0.300. The van der Waals surface area contributed by atoms with Gasteiger partial charge < -0.3 is 15.2 Å². The number of halogens is 3. The van der Waals surface area contributed by atoms with Gasteiger partial charge in [0.05, 0.1) is 12.7 Å². The molecular formula is C10H10F3NO2S. The molecule has 0 spiro atoms. The van der Waals surface area contributed by atoms with E-state index in [1.807, 2.05) is 0 Å². The van der Waals surface area contributed by atoms with E-state index in [-0.39, 0.29) is 16.3 Å². The summed E-state index contributed by atoms with van der Waals surface area (Å²) in [7, 11) is 1.39. The first-order valence-corrected chi connectivity index (χ1v) is 4.91. The van der Waals surface area contributed by atoms with Gasteiger partial charge in [0.1, 0.15) is 16.5 Å². The molecule has 3 nitrogen and oxygen atoms in total. The van der Waals surface area contributed by atoms with Crippen molar-refractivity contribution in [2.75, 3.05) is 13.7 Å². The van der Waals surface area contributed by atoms with Gasteiger partial charge in [0.2, 0.25) is 0 Å². The zero-order valence-electron chi connectivity index (χ0n) is 8.88. The molecule has 1 aromatic carbocycles. The van der Waals surface area contributed by atoms with Crippen molar-refractivity contribution in [3.8, 4) is 11.5 Å². The molecule has 7 heteroatoms. The van der Waals surface area contributed by atoms with Crippen molar-refractivity contribution < 1.29 is 22.6 Å². The van der Waals surface area contributed by atoms with Gasteiger partial charge in [-0.3, -0.25) is 0 Å². The van der Waals surface area contributed by atoms with Crippen molar-refractivity contribution in [3.63, 3.8) is 0 Å². The van der Waals surface area contributed by atoms with Crippen LogP contribution in [0.25, 0.3) is 0 Å². The maximum absolute atomic E-state index is 12.0. The Balaban J connectivity index is 2.97. The lowest BCUT2D eigenvalue weighted by Crippen LogP contribution is -2.21. The first-order chi connectivity index (χ1) is 7.83. The predicted molar refractivity (Wildman–Crippen MR) is 60.4 cm³/mol. The first-order valence-electron chi connectivity index (χ1n) is 4.51. The van der Waals surface area contributed by atoms with E-state index >= 15 is 0 Å². The largest absolute Gasteiger partial charge is 0.497 e. The van der Waals surface area contributed by atoms with Crippen molar-refractivity contribution in [2.45, 2.75) is 6.18 Å². The molecule has 0 aliphatic rings. The molecule has 0 aromatic heterocycles. The van der Waals surface area contributed by atoms with Crippen LogP contribution in [0.15, 0.2) is 18.2 Å². The smallest absolute Gasteiger partial charge is 0.422 e. The third kappa shape index (κ3) is 4.10. The fourth-order valence-electron chi connectivity index (χ4n) is 1.11. The van der Waals surface area contributed by atoms with Crippen molar-refractivity contribution in [1.82, 2.24) is 0 Å². The number of thiocarbonyl (C=S) groups is 1. The standard InChI is InChI=1S/C10H10F3NO2S/c1-15-6-2-3-7(9(14)17)8(4-6)16-5-10(11,12)13/h2-4H,5H2,1H3,(H2,14,17). The maximum Gasteiger partial charge on any atom is 0.422 e. The Hall–Kier alpha value is -1.50. The van der Waals surface area contributed by atoms with E-state index in [0.29, 0.717) is 5.75 Å². The first kappa shape index (κ1) is 13.6. The van der Waals surface area contributed by atoms with Crippen molar-refractivity contribution in [1.29, 1.82) is 0 Å². The summed E-state index contributed by atoms with van der Waals surface area (Å²) in [6.45, 7) is -1.41. The van der Waals surface area contributed by atoms with E-state index in [2.05, 4.69) is 4.74 Å². The van der Waals surface area contributed by atoms with Crippen LogP contribution >= 0.6 is 12.2 Å². The lowest BCUT2D eigenvalue weighted by Gasteiger charge is -2.13. The highest BCUT2D eigenvalue weighted by atomic mass is 32.1. The average Bonchev–Trinajstić information content (AvgIpc) is 2.24. The van der Waals surface area contributed by atoms with Crippen LogP contribution < -0.4 is 15.2 Å². The minimum atomic E-state index is -4.42. The average molecular weight is 265 g/mol. The molecule has 2 N–H and O–H groups in total. The summed E-state index contributed by atoms with van der Waals surface area (Å²) in [6, 6.07) is 4.29. The minimum absolute atomic E-state index is 0.0372. The molecular weight excluding hydrogens is 255 g/mol. The topological polar surface area (TPSA) is 44.5 Å². The molecule has 0 heterocycles. The molecule has 0 bridgehead atoms. The molecule has 94 valence electrons. The molecule has 0 saturated carbocycles. The third-order valence-corrected chi connectivity index (χ3v) is 2.07. The lowest BCUT2D eigenvalue weighted by molar-refractivity contribution is -0.153. The number of alkyl halides is 3. The minimum Gasteiger partial charge on any atom is -0.497 e. The van der Waals surface area contributed by atoms with E-state index in [0.717, 1.165) is 0 Å². The van der Waals surface area contributed by atoms with Crippen molar-refractivity contribution in [3.05, 3.63) is 23.8 Å². The molecule has 0 radical (unpaired) electrons. The molecule has 17 heavy (non-hydrogen) atoms. The summed E-state index contributed by atoms with van der Waals surface area (Å²) in [5.74, 6) is 0.316. The molecule has 0 saturated heterocycles. The number of ether oxygens (including phenoxy) is 2. The maximum atomic E-state index is 12.0. The molecule has 0 amide bonds. The van der Waals surface area contributed by atoms with Gasteiger partial charge in [0.25, 0.3) is 0 Å². The number of nitrogens with two attached hydrogens (primary N) is 1. The zero-order chi connectivity index (χ0) is 13.1. The van der Waals surface area contributed by atoms with E-state index in [1.165, 1.54) is 25.3 Å². The normalized spacial score (nSPS) is 11.1. The van der Waals surface area contributed by atoms with Gasteiger partial charge in [0, 0.05) is 6.07 Å². The third-order valence-electron chi connectivity index (χ3n) is 1.85. The molecule has 1 rings (SSSR count). The van der Waals surface area contributed by atoms with Crippen LogP contribution in [-0.4, -0.2) is 24.9 Å². The van der Waals surface area contributed by atoms with Crippen LogP contribution in [0.4, 0.5) is 13.2 Å². The van der Waals surface area contributed by atoms with Crippen molar-refractivity contribution >= 4 is 17.2 Å². The van der Waals surface area contributed by atoms with Crippen LogP contribution in [0, 0.1) is 0 Å². The van der Waals surface area contributed by atoms with Crippen LogP contribution in [0.5, 0.6) is 11.5 Å². The Kier molecular flexibility index (Phi) is 4.17. The summed E-state index contributed by atoms with van der Waals surface area (Å²) in [6.07, 6.45) is -4.42. The number of rotatable bonds is 4. The number of benzene rings is 1. The van der Waals surface area contributed by atoms with Gasteiger partial charge >= 0.3 is 6.18 Å². The monoisotopic (exact) mass is 265 g/mol. The molecule has 0 aliphatic heterocycles. The second-order valence-corrected chi connectivity index (χ2v) is 3.57. The van der Waals surface area contributed by atoms with E-state index in [4.69, 9.17) is 22.7 Å². The summed E-state index contributed by atoms with van der Waals surface area (Å²) >= 11 is 4.71. The van der Waals surface area contributed by atoms with Crippen LogP contribution in [0.1, 0.15) is 5.56 Å². The Bertz CT molecular complexity index is 421. The van der Waals surface area contributed by atoms with E-state index < -0.39 is 12.8 Å². The zero-order valence-corrected chi connectivity index (χ0v) is 9.69. The number of hydrogen-bond donors (Lipinski definition) is 1. The summed E-state index contributed by atoms with van der Waals surface area (Å²) in [5, 5.41) is 0. The molecule has 0 atom stereocenters. The highest BCUT2D eigenvalue weighted by Crippen LogP contribution is 2.26. The van der Waals surface area contributed by atoms with Gasteiger partial charge in [-0.05, 0) is 12.1 Å². The highest BCUT2D eigenvalue weighted by Gasteiger charge is 2.29. The summed E-state index contributed by atoms with van der Waals surface area (Å²) in [4.78, 5) is -0.0372. The molecule has 0 unspecified atom stereocenters. The second kappa shape index (κ2) is 5.22. The summed E-state index contributed by atoms with van der Waals surface area (Å²) < 4.78 is 45.6. The molecule has 0 aliphatic carbocycles. The second-order valence-electron chi connectivity index (χ2n) is 3.13. The molecule has 0 fully saturated rings. The fourth-order valence-corrected chi connectivity index (χ4v) is 1.28. The van der Waals surface area contributed by atoms with E-state index in [1.54, 1.807) is 0 Å². The van der Waals surface area contributed by atoms with E-state index in [9.17, 15) is 13.2 Å². The van der Waals surface area contributed by atoms with Gasteiger partial charge in [0.15, 0.2) is 6.61 Å². The Morgan fingerprint density at radius 3 is 2.53 bits per heavy atom. The predicted octanol–water partition coefficient (Wildman–Crippen LogP) is 2.27. The van der Waals surface area contributed by atoms with Gasteiger partial charge in [-0.25, -0.2) is 0 Å². The van der Waals surface area contributed by atoms with Gasteiger partial charge in [-0.15, -0.1) is 0 Å². The van der Waals surface area contributed by atoms with Crippen LogP contribution in [0.3, 0.4) is 0 Å². The quantitative estimate of drug-likeness (QED) is 0.848. The number of methoxy groups -OCH3 is 1. The highest BCUT2D eigenvalue weighted by molar-refractivity contribution is 7.80. The lowest BCUT2D eigenvalue weighted by atomic mass is 10.2. The summed E-state index contributed by atoms with van der Waals surface area (Å²) in [5.41, 5.74) is 5.62. The Morgan fingerprint density at radius 1 is 1.41 bits per heavy atom. The van der Waals surface area contributed by atoms with Gasteiger partial charge in [-0.1, -0.05) is 12.2 Å². The van der Waals surface area contributed by atoms with Gasteiger partial charge in [-0.2, -0.15) is 13.2 Å². The van der Waals surface area contributed by atoms with Crippen LogP contribution in [0.2, 0.25) is 0 Å². The molecule has 1 aromatic rings. The Labute approximate surface area is 101 Å². The SMILES string of the molecule is COc1ccc(C(N)=S)c(OCC(F)(F)F)c1. The van der Waals surface area contributed by atoms with Crippen molar-refractivity contribution in [2.24, 2.45) is 5.73 Å². The number of hydrogen-bond acceptors (Lipinski definition) is 3.